The monoisotopic (exact) mass is 383 g/mol. The van der Waals surface area contributed by atoms with E-state index < -0.39 is 11.2 Å². The van der Waals surface area contributed by atoms with Crippen LogP contribution in [0.15, 0.2) is 48.5 Å². The van der Waals surface area contributed by atoms with Gasteiger partial charge in [0.05, 0.1) is 5.41 Å². The van der Waals surface area contributed by atoms with E-state index in [2.05, 4.69) is 10.6 Å². The van der Waals surface area contributed by atoms with Crippen molar-refractivity contribution < 1.29 is 14.0 Å². The van der Waals surface area contributed by atoms with E-state index in [4.69, 9.17) is 0 Å². The van der Waals surface area contributed by atoms with E-state index in [0.717, 1.165) is 18.4 Å². The summed E-state index contributed by atoms with van der Waals surface area (Å²) in [4.78, 5) is 27.0. The Morgan fingerprint density at radius 1 is 1.18 bits per heavy atom. The molecule has 1 aliphatic rings. The molecule has 3 rings (SSSR count). The Bertz CT molecular complexity index is 853. The van der Waals surface area contributed by atoms with Gasteiger partial charge < -0.3 is 15.5 Å². The number of hydrogen-bond acceptors (Lipinski definition) is 2. The highest BCUT2D eigenvalue weighted by molar-refractivity contribution is 5.90. The summed E-state index contributed by atoms with van der Waals surface area (Å²) in [5, 5.41) is 5.71. The fourth-order valence-corrected chi connectivity index (χ4v) is 3.47. The zero-order valence-corrected chi connectivity index (χ0v) is 16.3. The average Bonchev–Trinajstić information content (AvgIpc) is 2.67. The lowest BCUT2D eigenvalue weighted by Gasteiger charge is -2.39. The first-order chi connectivity index (χ1) is 13.4. The number of carbonyl (C=O) groups excluding carboxylic acids is 2. The summed E-state index contributed by atoms with van der Waals surface area (Å²) < 4.78 is 13.3. The molecule has 1 atom stereocenters. The van der Waals surface area contributed by atoms with Crippen LogP contribution >= 0.6 is 0 Å². The number of nitrogens with one attached hydrogen (secondary N) is 2. The molecule has 6 heteroatoms. The Balaban J connectivity index is 1.59. The number of piperidine rings is 1. The van der Waals surface area contributed by atoms with Gasteiger partial charge in [0.15, 0.2) is 0 Å². The Morgan fingerprint density at radius 2 is 1.93 bits per heavy atom. The number of carbonyl (C=O) groups is 2. The lowest BCUT2D eigenvalue weighted by molar-refractivity contribution is -0.132. The van der Waals surface area contributed by atoms with E-state index in [0.29, 0.717) is 25.3 Å². The van der Waals surface area contributed by atoms with Crippen LogP contribution in [-0.2, 0) is 11.3 Å². The molecule has 1 aliphatic heterocycles. The summed E-state index contributed by atoms with van der Waals surface area (Å²) in [6.07, 6.45) is 1.46. The van der Waals surface area contributed by atoms with Crippen LogP contribution in [0.25, 0.3) is 0 Å². The Labute approximate surface area is 164 Å². The normalized spacial score (nSPS) is 19.2. The third-order valence-corrected chi connectivity index (χ3v) is 5.18. The molecule has 148 valence electrons. The van der Waals surface area contributed by atoms with Gasteiger partial charge in [-0.2, -0.15) is 0 Å². The first-order valence-electron chi connectivity index (χ1n) is 9.51. The van der Waals surface area contributed by atoms with Crippen molar-refractivity contribution >= 4 is 17.6 Å². The maximum atomic E-state index is 13.3. The summed E-state index contributed by atoms with van der Waals surface area (Å²) in [5.74, 6) is -0.465. The molecule has 2 N–H and O–H groups in total. The van der Waals surface area contributed by atoms with Crippen LogP contribution in [0.3, 0.4) is 0 Å². The van der Waals surface area contributed by atoms with Gasteiger partial charge in [-0.25, -0.2) is 9.18 Å². The van der Waals surface area contributed by atoms with Crippen molar-refractivity contribution in [3.05, 3.63) is 65.5 Å². The van der Waals surface area contributed by atoms with E-state index in [1.54, 1.807) is 17.0 Å². The fraction of sp³-hybridized carbons (Fsp3) is 0.364. The molecule has 1 fully saturated rings. The first-order valence-corrected chi connectivity index (χ1v) is 9.51. The minimum absolute atomic E-state index is 0.0590. The lowest BCUT2D eigenvalue weighted by Crippen LogP contribution is -2.52. The highest BCUT2D eigenvalue weighted by Gasteiger charge is 2.39. The van der Waals surface area contributed by atoms with Crippen LogP contribution in [0.4, 0.5) is 14.9 Å². The number of rotatable bonds is 4. The molecule has 0 radical (unpaired) electrons. The van der Waals surface area contributed by atoms with Gasteiger partial charge in [0.1, 0.15) is 5.82 Å². The van der Waals surface area contributed by atoms with Crippen molar-refractivity contribution in [2.45, 2.75) is 33.2 Å². The first kappa shape index (κ1) is 19.9. The van der Waals surface area contributed by atoms with Gasteiger partial charge in [0.2, 0.25) is 5.91 Å². The van der Waals surface area contributed by atoms with Crippen molar-refractivity contribution in [3.8, 4) is 0 Å². The van der Waals surface area contributed by atoms with Crippen LogP contribution in [-0.4, -0.2) is 29.9 Å². The number of aryl methyl sites for hydroxylation is 1. The Hall–Kier alpha value is -2.89. The molecule has 2 aromatic rings. The van der Waals surface area contributed by atoms with Gasteiger partial charge in [-0.1, -0.05) is 35.9 Å². The van der Waals surface area contributed by atoms with Gasteiger partial charge in [-0.3, -0.25) is 4.79 Å². The van der Waals surface area contributed by atoms with Crippen LogP contribution < -0.4 is 10.6 Å². The predicted molar refractivity (Wildman–Crippen MR) is 107 cm³/mol. The van der Waals surface area contributed by atoms with Crippen molar-refractivity contribution in [3.63, 3.8) is 0 Å². The number of halogens is 1. The summed E-state index contributed by atoms with van der Waals surface area (Å²) in [6.45, 7) is 5.27. The number of anilines is 1. The Morgan fingerprint density at radius 3 is 2.64 bits per heavy atom. The van der Waals surface area contributed by atoms with Crippen LogP contribution in [0.5, 0.6) is 0 Å². The van der Waals surface area contributed by atoms with Gasteiger partial charge >= 0.3 is 6.03 Å². The van der Waals surface area contributed by atoms with E-state index >= 15 is 0 Å². The van der Waals surface area contributed by atoms with Crippen LogP contribution in [0.2, 0.25) is 0 Å². The number of hydrogen-bond donors (Lipinski definition) is 2. The minimum atomic E-state index is -0.651. The van der Waals surface area contributed by atoms with Crippen LogP contribution in [0, 0.1) is 18.2 Å². The van der Waals surface area contributed by atoms with Crippen molar-refractivity contribution in [2.24, 2.45) is 5.41 Å². The Kier molecular flexibility index (Phi) is 5.97. The zero-order chi connectivity index (χ0) is 20.1. The highest BCUT2D eigenvalue weighted by Crippen LogP contribution is 2.30. The second kappa shape index (κ2) is 8.42. The SMILES string of the molecule is Cc1ccc(CNC(=O)C2(C)CCCN(C(=O)Nc3cccc(F)c3)C2)cc1. The average molecular weight is 383 g/mol. The van der Waals surface area contributed by atoms with Crippen molar-refractivity contribution in [1.82, 2.24) is 10.2 Å². The smallest absolute Gasteiger partial charge is 0.321 e. The molecular weight excluding hydrogens is 357 g/mol. The molecule has 0 bridgehead atoms. The van der Waals surface area contributed by atoms with Gasteiger partial charge in [0.25, 0.3) is 0 Å². The number of benzene rings is 2. The van der Waals surface area contributed by atoms with E-state index in [1.807, 2.05) is 38.1 Å². The molecule has 1 unspecified atom stereocenters. The molecule has 3 amide bonds. The number of amides is 3. The predicted octanol–water partition coefficient (Wildman–Crippen LogP) is 4.08. The lowest BCUT2D eigenvalue weighted by atomic mass is 9.81. The topological polar surface area (TPSA) is 61.4 Å². The third-order valence-electron chi connectivity index (χ3n) is 5.18. The summed E-state index contributed by atoms with van der Waals surface area (Å²) >= 11 is 0. The molecule has 1 heterocycles. The fourth-order valence-electron chi connectivity index (χ4n) is 3.47. The molecule has 2 aromatic carbocycles. The minimum Gasteiger partial charge on any atom is -0.351 e. The van der Waals surface area contributed by atoms with Gasteiger partial charge in [0, 0.05) is 25.3 Å². The molecule has 5 nitrogen and oxygen atoms in total. The molecule has 0 aliphatic carbocycles. The maximum absolute atomic E-state index is 13.3. The number of nitrogens with zero attached hydrogens (tertiary/aromatic N) is 1. The number of urea groups is 1. The molecule has 0 saturated carbocycles. The molecule has 1 saturated heterocycles. The maximum Gasteiger partial charge on any atom is 0.321 e. The van der Waals surface area contributed by atoms with Crippen LogP contribution in [0.1, 0.15) is 30.9 Å². The molecular formula is C22H26FN3O2. The third kappa shape index (κ3) is 4.88. The summed E-state index contributed by atoms with van der Waals surface area (Å²) in [7, 11) is 0. The van der Waals surface area contributed by atoms with E-state index in [-0.39, 0.29) is 11.9 Å². The zero-order valence-electron chi connectivity index (χ0n) is 16.3. The molecule has 0 spiro atoms. The van der Waals surface area contributed by atoms with E-state index in [1.165, 1.54) is 17.7 Å². The highest BCUT2D eigenvalue weighted by atomic mass is 19.1. The molecule has 28 heavy (non-hydrogen) atoms. The quantitative estimate of drug-likeness (QED) is 0.836. The van der Waals surface area contributed by atoms with Gasteiger partial charge in [-0.05, 0) is 50.5 Å². The van der Waals surface area contributed by atoms with Gasteiger partial charge in [-0.15, -0.1) is 0 Å². The number of likely N-dealkylation sites (tertiary alicyclic amines) is 1. The van der Waals surface area contributed by atoms with Crippen molar-refractivity contribution in [1.29, 1.82) is 0 Å². The van der Waals surface area contributed by atoms with Crippen molar-refractivity contribution in [2.75, 3.05) is 18.4 Å². The standard InChI is InChI=1S/C22H26FN3O2/c1-16-7-9-17(10-8-16)14-24-20(27)22(2)11-4-12-26(15-22)21(28)25-19-6-3-5-18(23)13-19/h3,5-10,13H,4,11-12,14-15H2,1-2H3,(H,24,27)(H,25,28). The largest absolute Gasteiger partial charge is 0.351 e. The van der Waals surface area contributed by atoms with E-state index in [9.17, 15) is 14.0 Å². The summed E-state index contributed by atoms with van der Waals surface area (Å²) in [5.41, 5.74) is 1.97. The second-order valence-electron chi connectivity index (χ2n) is 7.69. The second-order valence-corrected chi connectivity index (χ2v) is 7.69. The molecule has 0 aromatic heterocycles. The summed E-state index contributed by atoms with van der Waals surface area (Å²) in [6, 6.07) is 13.5.